The highest BCUT2D eigenvalue weighted by atomic mass is 16.4. The van der Waals surface area contributed by atoms with Gasteiger partial charge in [0.1, 0.15) is 6.26 Å². The number of aromatic nitrogens is 2. The Morgan fingerprint density at radius 2 is 1.78 bits per heavy atom. The van der Waals surface area contributed by atoms with Crippen LogP contribution in [0, 0.1) is 18.3 Å². The zero-order valence-corrected chi connectivity index (χ0v) is 17.8. The van der Waals surface area contributed by atoms with E-state index in [0.717, 1.165) is 22.6 Å². The summed E-state index contributed by atoms with van der Waals surface area (Å²) in [4.78, 5) is 25.0. The highest BCUT2D eigenvalue weighted by molar-refractivity contribution is 5.99. The normalized spacial score (nSPS) is 10.4. The third-order valence-electron chi connectivity index (χ3n) is 5.12. The Balaban J connectivity index is 1.64. The molecule has 0 aliphatic heterocycles. The Kier molecular flexibility index (Phi) is 5.95. The van der Waals surface area contributed by atoms with Gasteiger partial charge in [0.15, 0.2) is 5.78 Å². The van der Waals surface area contributed by atoms with Gasteiger partial charge in [0.25, 0.3) is 0 Å². The Hall–Kier alpha value is -4.44. The van der Waals surface area contributed by atoms with E-state index < -0.39 is 0 Å². The number of nitrogens with zero attached hydrogens (tertiary/aromatic N) is 5. The molecule has 0 atom stereocenters. The maximum Gasteiger partial charge on any atom is 0.306 e. The average Bonchev–Trinajstić information content (AvgIpc) is 3.35. The van der Waals surface area contributed by atoms with E-state index in [1.807, 2.05) is 54.1 Å². The number of nitriles is 1. The number of benzene rings is 2. The zero-order valence-electron chi connectivity index (χ0n) is 17.8. The summed E-state index contributed by atoms with van der Waals surface area (Å²) in [6.07, 6.45) is 6.57. The molecule has 2 aromatic heterocycles. The number of hydrogen-bond donors (Lipinski definition) is 0. The number of carbonyl (C=O) groups is 1. The van der Waals surface area contributed by atoms with Crippen molar-refractivity contribution in [3.8, 4) is 6.07 Å². The predicted octanol–water partition coefficient (Wildman–Crippen LogP) is 5.04. The van der Waals surface area contributed by atoms with Crippen molar-refractivity contribution in [2.75, 3.05) is 23.4 Å². The first-order valence-electron chi connectivity index (χ1n) is 10.0. The number of hydrogen-bond acceptors (Lipinski definition) is 7. The second-order valence-corrected chi connectivity index (χ2v) is 7.29. The number of rotatable bonds is 7. The van der Waals surface area contributed by atoms with Crippen molar-refractivity contribution in [1.82, 2.24) is 9.97 Å². The van der Waals surface area contributed by atoms with E-state index in [4.69, 9.17) is 9.68 Å². The number of anilines is 4. The molecule has 0 bridgehead atoms. The number of aryl methyl sites for hydroxylation is 1. The van der Waals surface area contributed by atoms with E-state index in [2.05, 4.69) is 16.0 Å². The molecule has 4 aromatic rings. The Morgan fingerprint density at radius 1 is 1.03 bits per heavy atom. The molecule has 0 spiro atoms. The number of oxazole rings is 1. The minimum Gasteiger partial charge on any atom is -0.432 e. The summed E-state index contributed by atoms with van der Waals surface area (Å²) in [7, 11) is 1.87. The Labute approximate surface area is 186 Å². The lowest BCUT2D eigenvalue weighted by Gasteiger charge is -2.25. The molecule has 2 aromatic carbocycles. The van der Waals surface area contributed by atoms with Gasteiger partial charge >= 0.3 is 6.01 Å². The third kappa shape index (κ3) is 4.35. The van der Waals surface area contributed by atoms with Gasteiger partial charge in [0.05, 0.1) is 35.7 Å². The molecule has 0 amide bonds. The standard InChI is InChI=1S/C25H21N5O2/c1-18-3-8-22(29(2)17-24(31)20-6-4-19(16-26)5-7-20)15-23(18)30(25-28-13-14-32-25)21-9-11-27-12-10-21/h3-15H,17H2,1-2H3. The molecule has 0 radical (unpaired) electrons. The highest BCUT2D eigenvalue weighted by Gasteiger charge is 2.20. The van der Waals surface area contributed by atoms with E-state index in [1.54, 1.807) is 42.9 Å². The van der Waals surface area contributed by atoms with Crippen molar-refractivity contribution < 1.29 is 9.21 Å². The molecule has 0 fully saturated rings. The number of likely N-dealkylation sites (N-methyl/N-ethyl adjacent to an activating group) is 1. The molecule has 0 saturated heterocycles. The topological polar surface area (TPSA) is 86.3 Å². The SMILES string of the molecule is Cc1ccc(N(C)CC(=O)c2ccc(C#N)cc2)cc1N(c1ccncc1)c1ncco1. The smallest absolute Gasteiger partial charge is 0.306 e. The van der Waals surface area contributed by atoms with Crippen LogP contribution in [0.3, 0.4) is 0 Å². The van der Waals surface area contributed by atoms with Crippen LogP contribution in [0.4, 0.5) is 23.1 Å². The molecule has 7 nitrogen and oxygen atoms in total. The van der Waals surface area contributed by atoms with Crippen molar-refractivity contribution in [2.24, 2.45) is 0 Å². The van der Waals surface area contributed by atoms with E-state index in [0.29, 0.717) is 17.1 Å². The van der Waals surface area contributed by atoms with Crippen LogP contribution in [0.25, 0.3) is 0 Å². The summed E-state index contributed by atoms with van der Waals surface area (Å²) in [6, 6.07) is 18.9. The lowest BCUT2D eigenvalue weighted by molar-refractivity contribution is 0.100. The van der Waals surface area contributed by atoms with Gasteiger partial charge in [0.2, 0.25) is 0 Å². The molecule has 0 aliphatic rings. The van der Waals surface area contributed by atoms with Gasteiger partial charge in [-0.3, -0.25) is 14.7 Å². The van der Waals surface area contributed by atoms with Crippen LogP contribution in [-0.4, -0.2) is 29.3 Å². The van der Waals surface area contributed by atoms with Crippen LogP contribution >= 0.6 is 0 Å². The molecule has 0 saturated carbocycles. The minimum absolute atomic E-state index is 0.0298. The Bertz CT molecular complexity index is 1250. The summed E-state index contributed by atoms with van der Waals surface area (Å²) in [6.45, 7) is 2.21. The zero-order chi connectivity index (χ0) is 22.5. The summed E-state index contributed by atoms with van der Waals surface area (Å²) in [5.74, 6) is -0.0298. The fraction of sp³-hybridized carbons (Fsp3) is 0.120. The monoisotopic (exact) mass is 423 g/mol. The summed E-state index contributed by atoms with van der Waals surface area (Å²) in [5.41, 5.74) is 4.74. The fourth-order valence-corrected chi connectivity index (χ4v) is 3.38. The molecule has 32 heavy (non-hydrogen) atoms. The lowest BCUT2D eigenvalue weighted by atomic mass is 10.1. The van der Waals surface area contributed by atoms with Crippen LogP contribution < -0.4 is 9.80 Å². The number of Topliss-reactive ketones (excluding diaryl/α,β-unsaturated/α-hetero) is 1. The fourth-order valence-electron chi connectivity index (χ4n) is 3.38. The average molecular weight is 423 g/mol. The van der Waals surface area contributed by atoms with Gasteiger partial charge in [0, 0.05) is 30.7 Å². The molecule has 7 heteroatoms. The van der Waals surface area contributed by atoms with Crippen LogP contribution in [-0.2, 0) is 0 Å². The first kappa shape index (κ1) is 20.8. The summed E-state index contributed by atoms with van der Waals surface area (Å²) in [5, 5.41) is 8.94. The van der Waals surface area contributed by atoms with Gasteiger partial charge in [-0.25, -0.2) is 4.98 Å². The molecule has 2 heterocycles. The van der Waals surface area contributed by atoms with Crippen LogP contribution in [0.2, 0.25) is 0 Å². The summed E-state index contributed by atoms with van der Waals surface area (Å²) >= 11 is 0. The van der Waals surface area contributed by atoms with Gasteiger partial charge in [-0.15, -0.1) is 0 Å². The van der Waals surface area contributed by atoms with E-state index in [9.17, 15) is 4.79 Å². The highest BCUT2D eigenvalue weighted by Crippen LogP contribution is 2.37. The number of pyridine rings is 1. The van der Waals surface area contributed by atoms with E-state index >= 15 is 0 Å². The van der Waals surface area contributed by atoms with Crippen molar-refractivity contribution in [3.05, 3.63) is 96.1 Å². The molecule has 0 N–H and O–H groups in total. The minimum atomic E-state index is -0.0298. The van der Waals surface area contributed by atoms with Crippen molar-refractivity contribution >= 4 is 28.9 Å². The molecule has 158 valence electrons. The number of carbonyl (C=O) groups excluding carboxylic acids is 1. The first-order valence-corrected chi connectivity index (χ1v) is 10.0. The maximum absolute atomic E-state index is 12.8. The maximum atomic E-state index is 12.8. The van der Waals surface area contributed by atoms with Gasteiger partial charge in [-0.1, -0.05) is 18.2 Å². The first-order chi connectivity index (χ1) is 15.6. The van der Waals surface area contributed by atoms with Gasteiger partial charge in [-0.05, 0) is 48.9 Å². The molecule has 0 unspecified atom stereocenters. The quantitative estimate of drug-likeness (QED) is 0.385. The lowest BCUT2D eigenvalue weighted by Crippen LogP contribution is -2.26. The predicted molar refractivity (Wildman–Crippen MR) is 122 cm³/mol. The van der Waals surface area contributed by atoms with Gasteiger partial charge < -0.3 is 9.32 Å². The van der Waals surface area contributed by atoms with Crippen LogP contribution in [0.15, 0.2) is 83.9 Å². The summed E-state index contributed by atoms with van der Waals surface area (Å²) < 4.78 is 5.60. The molecule has 4 rings (SSSR count). The second kappa shape index (κ2) is 9.14. The van der Waals surface area contributed by atoms with Gasteiger partial charge in [-0.2, -0.15) is 5.26 Å². The van der Waals surface area contributed by atoms with Crippen molar-refractivity contribution in [2.45, 2.75) is 6.92 Å². The number of ketones is 1. The van der Waals surface area contributed by atoms with E-state index in [-0.39, 0.29) is 12.3 Å². The molecule has 0 aliphatic carbocycles. The van der Waals surface area contributed by atoms with Crippen LogP contribution in [0.1, 0.15) is 21.5 Å². The van der Waals surface area contributed by atoms with Crippen molar-refractivity contribution in [3.63, 3.8) is 0 Å². The third-order valence-corrected chi connectivity index (χ3v) is 5.12. The Morgan fingerprint density at radius 3 is 2.44 bits per heavy atom. The van der Waals surface area contributed by atoms with Crippen molar-refractivity contribution in [1.29, 1.82) is 5.26 Å². The largest absolute Gasteiger partial charge is 0.432 e. The molecular formula is C25H21N5O2. The van der Waals surface area contributed by atoms with Crippen LogP contribution in [0.5, 0.6) is 0 Å². The van der Waals surface area contributed by atoms with E-state index in [1.165, 1.54) is 6.26 Å². The molecular weight excluding hydrogens is 402 g/mol. The second-order valence-electron chi connectivity index (χ2n) is 7.29.